The van der Waals surface area contributed by atoms with Gasteiger partial charge in [-0.2, -0.15) is 0 Å². The molecule has 0 bridgehead atoms. The Kier molecular flexibility index (Phi) is 5.62. The molecule has 112 valence electrons. The first-order chi connectivity index (χ1) is 9.70. The number of nitrogens with zero attached hydrogens (tertiary/aromatic N) is 3. The lowest BCUT2D eigenvalue weighted by atomic mass is 10.2. The molecule has 1 aliphatic rings. The minimum atomic E-state index is 0.365. The van der Waals surface area contributed by atoms with E-state index in [0.29, 0.717) is 5.92 Å². The van der Waals surface area contributed by atoms with Crippen LogP contribution in [-0.4, -0.2) is 29.6 Å². The smallest absolute Gasteiger partial charge is 0.135 e. The van der Waals surface area contributed by atoms with E-state index >= 15 is 0 Å². The SMILES string of the molecule is CCCNc1cc(N2CCCCCC2)nc(C(C)C)n1. The Morgan fingerprint density at radius 1 is 1.15 bits per heavy atom. The van der Waals surface area contributed by atoms with Crippen LogP contribution in [0, 0.1) is 0 Å². The van der Waals surface area contributed by atoms with Crippen LogP contribution in [0.4, 0.5) is 11.6 Å². The van der Waals surface area contributed by atoms with Gasteiger partial charge in [-0.05, 0) is 19.3 Å². The van der Waals surface area contributed by atoms with Crippen LogP contribution >= 0.6 is 0 Å². The fourth-order valence-electron chi connectivity index (χ4n) is 2.52. The summed E-state index contributed by atoms with van der Waals surface area (Å²) in [6.07, 6.45) is 6.36. The third kappa shape index (κ3) is 4.09. The molecule has 1 N–H and O–H groups in total. The molecule has 1 saturated heterocycles. The monoisotopic (exact) mass is 276 g/mol. The lowest BCUT2D eigenvalue weighted by molar-refractivity contribution is 0.726. The van der Waals surface area contributed by atoms with E-state index in [1.54, 1.807) is 0 Å². The Morgan fingerprint density at radius 2 is 1.85 bits per heavy atom. The van der Waals surface area contributed by atoms with Gasteiger partial charge in [-0.25, -0.2) is 9.97 Å². The summed E-state index contributed by atoms with van der Waals surface area (Å²) in [5.74, 6) is 3.39. The molecular formula is C16H28N4. The number of hydrogen-bond acceptors (Lipinski definition) is 4. The second-order valence-electron chi connectivity index (χ2n) is 5.95. The third-order valence-electron chi connectivity index (χ3n) is 3.73. The van der Waals surface area contributed by atoms with E-state index in [4.69, 9.17) is 4.98 Å². The molecule has 0 spiro atoms. The van der Waals surface area contributed by atoms with Crippen molar-refractivity contribution in [3.63, 3.8) is 0 Å². The average Bonchev–Trinajstić information content (AvgIpc) is 2.73. The Labute approximate surface area is 123 Å². The Balaban J connectivity index is 2.22. The maximum absolute atomic E-state index is 4.78. The third-order valence-corrected chi connectivity index (χ3v) is 3.73. The van der Waals surface area contributed by atoms with Gasteiger partial charge >= 0.3 is 0 Å². The Bertz CT molecular complexity index is 409. The van der Waals surface area contributed by atoms with Crippen molar-refractivity contribution in [1.29, 1.82) is 0 Å². The van der Waals surface area contributed by atoms with Gasteiger partial charge in [0.1, 0.15) is 17.5 Å². The van der Waals surface area contributed by atoms with Crippen LogP contribution in [0.3, 0.4) is 0 Å². The molecule has 1 fully saturated rings. The van der Waals surface area contributed by atoms with Gasteiger partial charge in [-0.3, -0.25) is 0 Å². The summed E-state index contributed by atoms with van der Waals surface area (Å²) in [7, 11) is 0. The largest absolute Gasteiger partial charge is 0.370 e. The van der Waals surface area contributed by atoms with Gasteiger partial charge in [0, 0.05) is 31.6 Å². The van der Waals surface area contributed by atoms with E-state index in [1.807, 2.05) is 0 Å². The summed E-state index contributed by atoms with van der Waals surface area (Å²) >= 11 is 0. The van der Waals surface area contributed by atoms with Crippen molar-refractivity contribution in [3.8, 4) is 0 Å². The average molecular weight is 276 g/mol. The van der Waals surface area contributed by atoms with Crippen molar-refractivity contribution in [2.24, 2.45) is 0 Å². The van der Waals surface area contributed by atoms with Gasteiger partial charge in [-0.1, -0.05) is 33.6 Å². The van der Waals surface area contributed by atoms with Crippen LogP contribution in [0.1, 0.15) is 64.6 Å². The Morgan fingerprint density at radius 3 is 2.45 bits per heavy atom. The molecular weight excluding hydrogens is 248 g/mol. The normalized spacial score (nSPS) is 16.3. The highest BCUT2D eigenvalue weighted by molar-refractivity contribution is 5.49. The molecule has 4 heteroatoms. The van der Waals surface area contributed by atoms with Crippen molar-refractivity contribution >= 4 is 11.6 Å². The van der Waals surface area contributed by atoms with E-state index in [-0.39, 0.29) is 0 Å². The predicted molar refractivity (Wildman–Crippen MR) is 85.6 cm³/mol. The van der Waals surface area contributed by atoms with E-state index in [2.05, 4.69) is 42.0 Å². The van der Waals surface area contributed by atoms with E-state index in [9.17, 15) is 0 Å². The summed E-state index contributed by atoms with van der Waals surface area (Å²) in [6, 6.07) is 2.12. The molecule has 1 aromatic rings. The van der Waals surface area contributed by atoms with E-state index < -0.39 is 0 Å². The standard InChI is InChI=1S/C16H28N4/c1-4-9-17-14-12-15(19-16(18-14)13(2)3)20-10-7-5-6-8-11-20/h12-13H,4-11H2,1-3H3,(H,17,18,19). The highest BCUT2D eigenvalue weighted by Gasteiger charge is 2.15. The van der Waals surface area contributed by atoms with Crippen LogP contribution in [-0.2, 0) is 0 Å². The Hall–Kier alpha value is -1.32. The molecule has 0 atom stereocenters. The second-order valence-corrected chi connectivity index (χ2v) is 5.95. The first-order valence-corrected chi connectivity index (χ1v) is 8.08. The summed E-state index contributed by atoms with van der Waals surface area (Å²) < 4.78 is 0. The molecule has 0 radical (unpaired) electrons. The number of aromatic nitrogens is 2. The van der Waals surface area contributed by atoms with Crippen molar-refractivity contribution in [3.05, 3.63) is 11.9 Å². The number of anilines is 2. The van der Waals surface area contributed by atoms with Gasteiger partial charge in [0.25, 0.3) is 0 Å². The summed E-state index contributed by atoms with van der Waals surface area (Å²) in [5.41, 5.74) is 0. The second kappa shape index (κ2) is 7.46. The van der Waals surface area contributed by atoms with Crippen LogP contribution in [0.5, 0.6) is 0 Å². The van der Waals surface area contributed by atoms with Crippen LogP contribution < -0.4 is 10.2 Å². The summed E-state index contributed by atoms with van der Waals surface area (Å²) in [4.78, 5) is 11.8. The van der Waals surface area contributed by atoms with Crippen LogP contribution in [0.2, 0.25) is 0 Å². The molecule has 20 heavy (non-hydrogen) atoms. The fourth-order valence-corrected chi connectivity index (χ4v) is 2.52. The maximum atomic E-state index is 4.78. The molecule has 0 aromatic carbocycles. The molecule has 0 amide bonds. The van der Waals surface area contributed by atoms with Crippen LogP contribution in [0.15, 0.2) is 6.07 Å². The van der Waals surface area contributed by atoms with Crippen molar-refractivity contribution in [1.82, 2.24) is 9.97 Å². The maximum Gasteiger partial charge on any atom is 0.135 e. The first-order valence-electron chi connectivity index (χ1n) is 8.08. The topological polar surface area (TPSA) is 41.0 Å². The zero-order chi connectivity index (χ0) is 14.4. The number of nitrogens with one attached hydrogen (secondary N) is 1. The summed E-state index contributed by atoms with van der Waals surface area (Å²) in [6.45, 7) is 9.71. The summed E-state index contributed by atoms with van der Waals surface area (Å²) in [5, 5.41) is 3.41. The van der Waals surface area contributed by atoms with Gasteiger partial charge in [-0.15, -0.1) is 0 Å². The molecule has 0 unspecified atom stereocenters. The predicted octanol–water partition coefficient (Wildman–Crippen LogP) is 3.80. The van der Waals surface area contributed by atoms with Crippen LogP contribution in [0.25, 0.3) is 0 Å². The molecule has 1 aromatic heterocycles. The van der Waals surface area contributed by atoms with Gasteiger partial charge < -0.3 is 10.2 Å². The van der Waals surface area contributed by atoms with Crippen molar-refractivity contribution < 1.29 is 0 Å². The first kappa shape index (κ1) is 15.1. The van der Waals surface area contributed by atoms with Gasteiger partial charge in [0.15, 0.2) is 0 Å². The zero-order valence-corrected chi connectivity index (χ0v) is 13.2. The minimum absolute atomic E-state index is 0.365. The fraction of sp³-hybridized carbons (Fsp3) is 0.750. The van der Waals surface area contributed by atoms with Crippen molar-refractivity contribution in [2.45, 2.75) is 58.8 Å². The quantitative estimate of drug-likeness (QED) is 0.888. The lowest BCUT2D eigenvalue weighted by Crippen LogP contribution is -2.26. The minimum Gasteiger partial charge on any atom is -0.370 e. The van der Waals surface area contributed by atoms with Gasteiger partial charge in [0.05, 0.1) is 0 Å². The highest BCUT2D eigenvalue weighted by Crippen LogP contribution is 2.22. The number of rotatable bonds is 5. The highest BCUT2D eigenvalue weighted by atomic mass is 15.2. The molecule has 2 rings (SSSR count). The molecule has 4 nitrogen and oxygen atoms in total. The van der Waals surface area contributed by atoms with Crippen molar-refractivity contribution in [2.75, 3.05) is 29.9 Å². The molecule has 1 aliphatic heterocycles. The molecule has 0 aliphatic carbocycles. The van der Waals surface area contributed by atoms with Gasteiger partial charge in [0.2, 0.25) is 0 Å². The lowest BCUT2D eigenvalue weighted by Gasteiger charge is -2.23. The van der Waals surface area contributed by atoms with E-state index in [0.717, 1.165) is 43.5 Å². The molecule has 2 heterocycles. The number of hydrogen-bond donors (Lipinski definition) is 1. The van der Waals surface area contributed by atoms with E-state index in [1.165, 1.54) is 25.7 Å². The zero-order valence-electron chi connectivity index (χ0n) is 13.2. The molecule has 0 saturated carbocycles.